The Kier molecular flexibility index (Phi) is 5.33. The smallest absolute Gasteiger partial charge is 0.334 e. The van der Waals surface area contributed by atoms with Gasteiger partial charge in [-0.05, 0) is 37.0 Å². The zero-order chi connectivity index (χ0) is 15.4. The number of halogens is 2. The van der Waals surface area contributed by atoms with Crippen LogP contribution >= 0.6 is 15.9 Å². The summed E-state index contributed by atoms with van der Waals surface area (Å²) in [5, 5.41) is 2.63. The maximum atomic E-state index is 13.7. The molecule has 1 saturated carbocycles. The summed E-state index contributed by atoms with van der Waals surface area (Å²) in [6, 6.07) is 3.49. The van der Waals surface area contributed by atoms with Gasteiger partial charge in [0, 0.05) is 11.4 Å². The van der Waals surface area contributed by atoms with Gasteiger partial charge in [-0.15, -0.1) is 0 Å². The molecule has 114 valence electrons. The maximum Gasteiger partial charge on any atom is 0.334 e. The van der Waals surface area contributed by atoms with Crippen LogP contribution < -0.4 is 10.1 Å². The first-order valence-corrected chi connectivity index (χ1v) is 7.70. The number of rotatable bonds is 4. The first kappa shape index (κ1) is 15.9. The Bertz CT molecular complexity index is 544. The molecule has 0 saturated heterocycles. The topological polar surface area (TPSA) is 55.4 Å². The third-order valence-corrected chi connectivity index (χ3v) is 4.08. The van der Waals surface area contributed by atoms with E-state index in [0.717, 1.165) is 25.7 Å². The lowest BCUT2D eigenvalue weighted by atomic mass is 9.98. The van der Waals surface area contributed by atoms with Crippen LogP contribution in [0.25, 0.3) is 0 Å². The molecule has 4 nitrogen and oxygen atoms in total. The number of benzene rings is 1. The predicted octanol–water partition coefficient (Wildman–Crippen LogP) is 3.19. The number of carbonyl (C=O) groups excluding carboxylic acids is 2. The molecule has 1 fully saturated rings. The number of carbonyl (C=O) groups is 2. The van der Waals surface area contributed by atoms with E-state index in [2.05, 4.69) is 21.2 Å². The van der Waals surface area contributed by atoms with Crippen LogP contribution in [0.5, 0.6) is 5.75 Å². The van der Waals surface area contributed by atoms with E-state index >= 15 is 0 Å². The average Bonchev–Trinajstić information content (AvgIpc) is 2.92. The number of nitrogens with one attached hydrogen (secondary N) is 1. The molecule has 6 heteroatoms. The predicted molar refractivity (Wildman–Crippen MR) is 79.3 cm³/mol. The minimum absolute atomic E-state index is 0.0555. The molecule has 1 aromatic carbocycles. The van der Waals surface area contributed by atoms with Gasteiger partial charge in [0.2, 0.25) is 5.91 Å². The number of hydrogen-bond donors (Lipinski definition) is 1. The van der Waals surface area contributed by atoms with Gasteiger partial charge in [-0.1, -0.05) is 28.8 Å². The Hall–Kier alpha value is -1.43. The number of esters is 1. The van der Waals surface area contributed by atoms with Crippen molar-refractivity contribution >= 4 is 27.8 Å². The van der Waals surface area contributed by atoms with Gasteiger partial charge in [-0.25, -0.2) is 9.18 Å². The molecular formula is C15H17BrFNO3. The lowest BCUT2D eigenvalue weighted by Crippen LogP contribution is -2.46. The first-order valence-electron chi connectivity index (χ1n) is 6.91. The Morgan fingerprint density at radius 3 is 2.62 bits per heavy atom. The maximum absolute atomic E-state index is 13.7. The van der Waals surface area contributed by atoms with Gasteiger partial charge >= 0.3 is 5.97 Å². The number of amides is 1. The zero-order valence-electron chi connectivity index (χ0n) is 11.7. The monoisotopic (exact) mass is 357 g/mol. The second-order valence-corrected chi connectivity index (χ2v) is 6.13. The van der Waals surface area contributed by atoms with Gasteiger partial charge in [0.1, 0.15) is 6.04 Å². The molecular weight excluding hydrogens is 341 g/mol. The molecule has 0 heterocycles. The number of hydrogen-bond acceptors (Lipinski definition) is 3. The highest BCUT2D eigenvalue weighted by Crippen LogP contribution is 2.29. The average molecular weight is 358 g/mol. The third kappa shape index (κ3) is 4.27. The second-order valence-electron chi connectivity index (χ2n) is 5.22. The summed E-state index contributed by atoms with van der Waals surface area (Å²) in [6.07, 6.45) is 3.78. The van der Waals surface area contributed by atoms with Crippen molar-refractivity contribution in [2.24, 2.45) is 5.92 Å². The van der Waals surface area contributed by atoms with E-state index in [1.54, 1.807) is 6.07 Å². The Morgan fingerprint density at radius 1 is 1.38 bits per heavy atom. The van der Waals surface area contributed by atoms with Crippen molar-refractivity contribution in [3.63, 3.8) is 0 Å². The van der Waals surface area contributed by atoms with Gasteiger partial charge in [-0.2, -0.15) is 0 Å². The Morgan fingerprint density at radius 2 is 2.05 bits per heavy atom. The minimum atomic E-state index is -0.715. The van der Waals surface area contributed by atoms with Crippen molar-refractivity contribution in [2.45, 2.75) is 38.6 Å². The molecule has 0 spiro atoms. The molecule has 2 rings (SSSR count). The highest BCUT2D eigenvalue weighted by atomic mass is 79.9. The fraction of sp³-hybridized carbons (Fsp3) is 0.467. The summed E-state index contributed by atoms with van der Waals surface area (Å²) in [5.74, 6) is -1.60. The highest BCUT2D eigenvalue weighted by Gasteiger charge is 2.33. The summed E-state index contributed by atoms with van der Waals surface area (Å²) in [5.41, 5.74) is 0. The lowest BCUT2D eigenvalue weighted by Gasteiger charge is -2.22. The van der Waals surface area contributed by atoms with Crippen LogP contribution in [0.3, 0.4) is 0 Å². The molecule has 0 aromatic heterocycles. The van der Waals surface area contributed by atoms with Crippen molar-refractivity contribution < 1.29 is 18.7 Å². The van der Waals surface area contributed by atoms with Crippen LogP contribution in [-0.2, 0) is 9.59 Å². The van der Waals surface area contributed by atoms with E-state index in [1.807, 2.05) is 0 Å². The molecule has 1 N–H and O–H groups in total. The largest absolute Gasteiger partial charge is 0.422 e. The van der Waals surface area contributed by atoms with Crippen molar-refractivity contribution in [1.29, 1.82) is 0 Å². The van der Waals surface area contributed by atoms with E-state index in [1.165, 1.54) is 19.1 Å². The van der Waals surface area contributed by atoms with Crippen LogP contribution in [0, 0.1) is 11.7 Å². The van der Waals surface area contributed by atoms with E-state index in [9.17, 15) is 14.0 Å². The minimum Gasteiger partial charge on any atom is -0.422 e. The fourth-order valence-corrected chi connectivity index (χ4v) is 2.94. The van der Waals surface area contributed by atoms with Crippen molar-refractivity contribution in [1.82, 2.24) is 5.32 Å². The summed E-state index contributed by atoms with van der Waals surface area (Å²) < 4.78 is 19.4. The summed E-state index contributed by atoms with van der Waals surface area (Å²) >= 11 is 3.14. The highest BCUT2D eigenvalue weighted by molar-refractivity contribution is 9.10. The lowest BCUT2D eigenvalue weighted by molar-refractivity contribution is -0.140. The summed E-state index contributed by atoms with van der Waals surface area (Å²) in [4.78, 5) is 23.5. The molecule has 1 amide bonds. The van der Waals surface area contributed by atoms with E-state index < -0.39 is 17.8 Å². The SMILES string of the molecule is CC(=O)NC(C(=O)Oc1ccc(Br)cc1F)C1CCCC1. The molecule has 0 bridgehead atoms. The molecule has 1 atom stereocenters. The molecule has 21 heavy (non-hydrogen) atoms. The van der Waals surface area contributed by atoms with Crippen molar-refractivity contribution in [3.05, 3.63) is 28.5 Å². The van der Waals surface area contributed by atoms with Gasteiger partial charge in [0.25, 0.3) is 0 Å². The zero-order valence-corrected chi connectivity index (χ0v) is 13.3. The molecule has 0 aliphatic heterocycles. The van der Waals surface area contributed by atoms with Crippen molar-refractivity contribution in [2.75, 3.05) is 0 Å². The summed E-state index contributed by atoms with van der Waals surface area (Å²) in [7, 11) is 0. The van der Waals surface area contributed by atoms with Gasteiger partial charge in [-0.3, -0.25) is 4.79 Å². The van der Waals surface area contributed by atoms with Gasteiger partial charge in [0.15, 0.2) is 11.6 Å². The van der Waals surface area contributed by atoms with E-state index in [0.29, 0.717) is 4.47 Å². The third-order valence-electron chi connectivity index (χ3n) is 3.59. The van der Waals surface area contributed by atoms with Gasteiger partial charge < -0.3 is 10.1 Å². The number of ether oxygens (including phenoxy) is 1. The summed E-state index contributed by atoms with van der Waals surface area (Å²) in [6.45, 7) is 1.36. The molecule has 0 radical (unpaired) electrons. The van der Waals surface area contributed by atoms with Gasteiger partial charge in [0.05, 0.1) is 0 Å². The van der Waals surface area contributed by atoms with Crippen LogP contribution in [0.2, 0.25) is 0 Å². The molecule has 1 unspecified atom stereocenters. The van der Waals surface area contributed by atoms with Crippen LogP contribution in [0.1, 0.15) is 32.6 Å². The molecule has 1 aromatic rings. The van der Waals surface area contributed by atoms with Crippen LogP contribution in [-0.4, -0.2) is 17.9 Å². The van der Waals surface area contributed by atoms with E-state index in [4.69, 9.17) is 4.74 Å². The standard InChI is InChI=1S/C15H17BrFNO3/c1-9(19)18-14(10-4-2-3-5-10)15(20)21-13-7-6-11(16)8-12(13)17/h6-8,10,14H,2-5H2,1H3,(H,18,19). The van der Waals surface area contributed by atoms with Crippen LogP contribution in [0.4, 0.5) is 4.39 Å². The Balaban J connectivity index is 2.11. The first-order chi connectivity index (χ1) is 9.97. The fourth-order valence-electron chi connectivity index (χ4n) is 2.61. The van der Waals surface area contributed by atoms with Crippen LogP contribution in [0.15, 0.2) is 22.7 Å². The Labute approximate surface area is 131 Å². The molecule has 1 aliphatic rings. The second kappa shape index (κ2) is 7.02. The van der Waals surface area contributed by atoms with E-state index in [-0.39, 0.29) is 17.6 Å². The quantitative estimate of drug-likeness (QED) is 0.664. The van der Waals surface area contributed by atoms with Crippen molar-refractivity contribution in [3.8, 4) is 5.75 Å². The normalized spacial score (nSPS) is 16.5. The molecule has 1 aliphatic carbocycles.